The number of amides is 1. The summed E-state index contributed by atoms with van der Waals surface area (Å²) < 4.78 is 5.02. The number of hydrogen-bond donors (Lipinski definition) is 1. The van der Waals surface area contributed by atoms with Crippen molar-refractivity contribution in [2.75, 3.05) is 13.7 Å². The summed E-state index contributed by atoms with van der Waals surface area (Å²) in [5.74, 6) is -0.450. The second kappa shape index (κ2) is 10.9. The number of rotatable bonds is 9. The van der Waals surface area contributed by atoms with Gasteiger partial charge in [0.05, 0.1) is 19.1 Å². The molecule has 2 N–H and O–H groups in total. The Hall–Kier alpha value is -2.73. The summed E-state index contributed by atoms with van der Waals surface area (Å²) in [5.41, 5.74) is 8.32. The molecule has 0 unspecified atom stereocenters. The maximum Gasteiger partial charge on any atom is 0.308 e. The molecule has 3 atom stereocenters. The Morgan fingerprint density at radius 3 is 2.63 bits per heavy atom. The van der Waals surface area contributed by atoms with Crippen molar-refractivity contribution in [1.29, 1.82) is 0 Å². The van der Waals surface area contributed by atoms with Crippen molar-refractivity contribution in [3.05, 3.63) is 66.0 Å². The number of pyridine rings is 1. The molecule has 1 aromatic carbocycles. The summed E-state index contributed by atoms with van der Waals surface area (Å²) in [7, 11) is 1.42. The molecular formula is C24H31N3O3. The third-order valence-electron chi connectivity index (χ3n) is 5.86. The topological polar surface area (TPSA) is 85.5 Å². The van der Waals surface area contributed by atoms with Gasteiger partial charge >= 0.3 is 5.97 Å². The zero-order valence-electron chi connectivity index (χ0n) is 17.6. The summed E-state index contributed by atoms with van der Waals surface area (Å²) in [4.78, 5) is 31.3. The second-order valence-corrected chi connectivity index (χ2v) is 7.99. The number of hydrogen-bond acceptors (Lipinski definition) is 5. The van der Waals surface area contributed by atoms with Crippen LogP contribution >= 0.6 is 0 Å². The molecule has 30 heavy (non-hydrogen) atoms. The van der Waals surface area contributed by atoms with Gasteiger partial charge < -0.3 is 15.4 Å². The average Bonchev–Trinajstić information content (AvgIpc) is 3.25. The molecule has 0 saturated carbocycles. The first kappa shape index (κ1) is 22.0. The van der Waals surface area contributed by atoms with E-state index in [0.717, 1.165) is 36.9 Å². The molecule has 1 saturated heterocycles. The maximum absolute atomic E-state index is 13.0. The van der Waals surface area contributed by atoms with Gasteiger partial charge in [-0.05, 0) is 55.7 Å². The monoisotopic (exact) mass is 409 g/mol. The quantitative estimate of drug-likeness (QED) is 0.644. The van der Waals surface area contributed by atoms with Crippen molar-refractivity contribution < 1.29 is 14.3 Å². The number of benzene rings is 1. The van der Waals surface area contributed by atoms with Gasteiger partial charge in [-0.3, -0.25) is 14.6 Å². The van der Waals surface area contributed by atoms with Crippen LogP contribution in [0.25, 0.3) is 0 Å². The summed E-state index contributed by atoms with van der Waals surface area (Å²) in [5, 5.41) is 0. The van der Waals surface area contributed by atoms with Gasteiger partial charge in [0.15, 0.2) is 0 Å². The molecule has 1 amide bonds. The van der Waals surface area contributed by atoms with E-state index >= 15 is 0 Å². The molecule has 1 aromatic heterocycles. The molecule has 0 spiro atoms. The van der Waals surface area contributed by atoms with Gasteiger partial charge in [0.1, 0.15) is 0 Å². The van der Waals surface area contributed by atoms with Crippen LogP contribution in [0.1, 0.15) is 36.8 Å². The van der Waals surface area contributed by atoms with Crippen LogP contribution in [0.2, 0.25) is 0 Å². The standard InChI is InChI=1S/C24H31N3O3/c1-30-24(29)20(15-19-9-5-13-26-17-19)11-12-21-10-6-14-27(21)23(28)22(25)16-18-7-3-2-4-8-18/h2-5,7-9,13,17,20-22H,6,10-12,14-16,25H2,1H3/t20-,21+,22-/m0/s1. The fourth-order valence-electron chi connectivity index (χ4n) is 4.26. The summed E-state index contributed by atoms with van der Waals surface area (Å²) in [6.45, 7) is 0.734. The molecule has 0 radical (unpaired) electrons. The number of nitrogens with zero attached hydrogens (tertiary/aromatic N) is 2. The van der Waals surface area contributed by atoms with E-state index in [-0.39, 0.29) is 23.8 Å². The van der Waals surface area contributed by atoms with E-state index in [1.54, 1.807) is 12.4 Å². The lowest BCUT2D eigenvalue weighted by molar-refractivity contribution is -0.145. The van der Waals surface area contributed by atoms with Crippen LogP contribution in [-0.4, -0.2) is 47.5 Å². The largest absolute Gasteiger partial charge is 0.469 e. The second-order valence-electron chi connectivity index (χ2n) is 7.99. The van der Waals surface area contributed by atoms with Gasteiger partial charge in [-0.2, -0.15) is 0 Å². The summed E-state index contributed by atoms with van der Waals surface area (Å²) in [6, 6.07) is 13.3. The molecule has 2 heterocycles. The van der Waals surface area contributed by atoms with E-state index in [1.807, 2.05) is 47.4 Å². The zero-order valence-corrected chi connectivity index (χ0v) is 17.6. The lowest BCUT2D eigenvalue weighted by Gasteiger charge is -2.28. The SMILES string of the molecule is COC(=O)[C@@H](CC[C@H]1CCCN1C(=O)[C@@H](N)Cc1ccccc1)Cc1cccnc1. The van der Waals surface area contributed by atoms with Crippen LogP contribution in [0.5, 0.6) is 0 Å². The van der Waals surface area contributed by atoms with Crippen molar-refractivity contribution in [3.63, 3.8) is 0 Å². The van der Waals surface area contributed by atoms with E-state index < -0.39 is 6.04 Å². The van der Waals surface area contributed by atoms with Gasteiger partial charge in [-0.25, -0.2) is 0 Å². The Kier molecular flexibility index (Phi) is 7.97. The number of nitrogens with two attached hydrogens (primary N) is 1. The van der Waals surface area contributed by atoms with Crippen LogP contribution in [0.4, 0.5) is 0 Å². The van der Waals surface area contributed by atoms with Gasteiger partial charge in [-0.15, -0.1) is 0 Å². The number of likely N-dealkylation sites (tertiary alicyclic amines) is 1. The lowest BCUT2D eigenvalue weighted by atomic mass is 9.93. The highest BCUT2D eigenvalue weighted by Crippen LogP contribution is 2.26. The van der Waals surface area contributed by atoms with Crippen molar-refractivity contribution in [1.82, 2.24) is 9.88 Å². The Bertz CT molecular complexity index is 813. The molecule has 1 aliphatic rings. The van der Waals surface area contributed by atoms with E-state index in [1.165, 1.54) is 7.11 Å². The average molecular weight is 410 g/mol. The fraction of sp³-hybridized carbons (Fsp3) is 0.458. The normalized spacial score (nSPS) is 18.1. The zero-order chi connectivity index (χ0) is 21.3. The maximum atomic E-state index is 13.0. The van der Waals surface area contributed by atoms with Crippen LogP contribution in [0.15, 0.2) is 54.9 Å². The smallest absolute Gasteiger partial charge is 0.308 e. The minimum Gasteiger partial charge on any atom is -0.469 e. The predicted molar refractivity (Wildman–Crippen MR) is 116 cm³/mol. The number of esters is 1. The van der Waals surface area contributed by atoms with Crippen molar-refractivity contribution in [3.8, 4) is 0 Å². The molecule has 1 fully saturated rings. The van der Waals surface area contributed by atoms with Crippen LogP contribution in [0.3, 0.4) is 0 Å². The van der Waals surface area contributed by atoms with Gasteiger partial charge in [0.25, 0.3) is 0 Å². The first-order chi connectivity index (χ1) is 14.6. The van der Waals surface area contributed by atoms with Crippen LogP contribution in [0, 0.1) is 5.92 Å². The first-order valence-corrected chi connectivity index (χ1v) is 10.6. The fourth-order valence-corrected chi connectivity index (χ4v) is 4.26. The summed E-state index contributed by atoms with van der Waals surface area (Å²) >= 11 is 0. The van der Waals surface area contributed by atoms with Crippen LogP contribution < -0.4 is 5.73 Å². The molecule has 6 nitrogen and oxygen atoms in total. The van der Waals surface area contributed by atoms with Crippen LogP contribution in [-0.2, 0) is 27.2 Å². The molecule has 3 rings (SSSR count). The van der Waals surface area contributed by atoms with Crippen molar-refractivity contribution in [2.45, 2.75) is 50.6 Å². The Morgan fingerprint density at radius 1 is 1.17 bits per heavy atom. The van der Waals surface area contributed by atoms with E-state index in [4.69, 9.17) is 10.5 Å². The molecule has 1 aliphatic heterocycles. The highest BCUT2D eigenvalue weighted by atomic mass is 16.5. The van der Waals surface area contributed by atoms with E-state index in [9.17, 15) is 9.59 Å². The molecule has 0 bridgehead atoms. The van der Waals surface area contributed by atoms with Gasteiger partial charge in [0.2, 0.25) is 5.91 Å². The Balaban J connectivity index is 1.58. The van der Waals surface area contributed by atoms with Gasteiger partial charge in [-0.1, -0.05) is 36.4 Å². The van der Waals surface area contributed by atoms with Crippen molar-refractivity contribution >= 4 is 11.9 Å². The summed E-state index contributed by atoms with van der Waals surface area (Å²) in [6.07, 6.45) is 7.99. The van der Waals surface area contributed by atoms with Crippen molar-refractivity contribution in [2.24, 2.45) is 11.7 Å². The molecule has 6 heteroatoms. The number of methoxy groups -OCH3 is 1. The number of carbonyl (C=O) groups excluding carboxylic acids is 2. The lowest BCUT2D eigenvalue weighted by Crippen LogP contribution is -2.47. The number of carbonyl (C=O) groups is 2. The highest BCUT2D eigenvalue weighted by Gasteiger charge is 2.32. The number of aromatic nitrogens is 1. The van der Waals surface area contributed by atoms with E-state index in [2.05, 4.69) is 4.98 Å². The minimum absolute atomic E-state index is 0.00299. The van der Waals surface area contributed by atoms with Gasteiger partial charge in [0, 0.05) is 25.0 Å². The first-order valence-electron chi connectivity index (χ1n) is 10.6. The highest BCUT2D eigenvalue weighted by molar-refractivity contribution is 5.82. The van der Waals surface area contributed by atoms with E-state index in [0.29, 0.717) is 19.3 Å². The Labute approximate surface area is 178 Å². The number of ether oxygens (including phenoxy) is 1. The third kappa shape index (κ3) is 5.89. The molecule has 0 aliphatic carbocycles. The Morgan fingerprint density at radius 2 is 1.93 bits per heavy atom. The molecule has 2 aromatic rings. The molecular weight excluding hydrogens is 378 g/mol. The minimum atomic E-state index is -0.542. The molecule has 160 valence electrons. The third-order valence-corrected chi connectivity index (χ3v) is 5.86. The predicted octanol–water partition coefficient (Wildman–Crippen LogP) is 2.75.